The van der Waals surface area contributed by atoms with Crippen LogP contribution in [-0.2, 0) is 6.54 Å². The SMILES string of the molecule is COc1cc(Nc2ccc3c(n2)OC(c2ccccc2)CN(CCO)C3)ccc1-n1cnc(C)c1. The molecular weight excluding hydrogens is 442 g/mol. The molecule has 1 aliphatic rings. The number of aliphatic hydroxyl groups is 1. The van der Waals surface area contributed by atoms with Crippen molar-refractivity contribution in [2.45, 2.75) is 19.6 Å². The topological polar surface area (TPSA) is 84.7 Å². The molecule has 4 aromatic rings. The van der Waals surface area contributed by atoms with Crippen LogP contribution in [0, 0.1) is 6.92 Å². The van der Waals surface area contributed by atoms with Crippen LogP contribution in [0.1, 0.15) is 22.9 Å². The molecule has 180 valence electrons. The largest absolute Gasteiger partial charge is 0.494 e. The van der Waals surface area contributed by atoms with Crippen LogP contribution in [0.2, 0.25) is 0 Å². The number of nitrogens with zero attached hydrogens (tertiary/aromatic N) is 4. The highest BCUT2D eigenvalue weighted by molar-refractivity contribution is 5.63. The Morgan fingerprint density at radius 3 is 2.74 bits per heavy atom. The van der Waals surface area contributed by atoms with Gasteiger partial charge in [-0.1, -0.05) is 30.3 Å². The first-order valence-electron chi connectivity index (χ1n) is 11.6. The summed E-state index contributed by atoms with van der Waals surface area (Å²) in [4.78, 5) is 11.3. The highest BCUT2D eigenvalue weighted by Gasteiger charge is 2.25. The molecule has 0 aliphatic carbocycles. The summed E-state index contributed by atoms with van der Waals surface area (Å²) in [6, 6.07) is 20.0. The molecule has 0 radical (unpaired) electrons. The molecule has 1 aliphatic heterocycles. The molecule has 8 heteroatoms. The maximum atomic E-state index is 9.54. The first kappa shape index (κ1) is 22.9. The highest BCUT2D eigenvalue weighted by atomic mass is 16.5. The maximum Gasteiger partial charge on any atom is 0.220 e. The van der Waals surface area contributed by atoms with Crippen molar-refractivity contribution >= 4 is 11.5 Å². The fraction of sp³-hybridized carbons (Fsp3) is 0.259. The average molecular weight is 472 g/mol. The Morgan fingerprint density at radius 1 is 1.14 bits per heavy atom. The predicted octanol–water partition coefficient (Wildman–Crippen LogP) is 4.26. The van der Waals surface area contributed by atoms with E-state index in [1.165, 1.54) is 0 Å². The van der Waals surface area contributed by atoms with Gasteiger partial charge in [0.15, 0.2) is 0 Å². The van der Waals surface area contributed by atoms with E-state index >= 15 is 0 Å². The number of hydrogen-bond acceptors (Lipinski definition) is 7. The predicted molar refractivity (Wildman–Crippen MR) is 135 cm³/mol. The number of benzene rings is 2. The summed E-state index contributed by atoms with van der Waals surface area (Å²) in [6.07, 6.45) is 3.55. The van der Waals surface area contributed by atoms with Gasteiger partial charge in [-0.25, -0.2) is 4.98 Å². The highest BCUT2D eigenvalue weighted by Crippen LogP contribution is 2.33. The number of nitrogens with one attached hydrogen (secondary N) is 1. The molecule has 0 amide bonds. The quantitative estimate of drug-likeness (QED) is 0.417. The molecule has 3 heterocycles. The number of aliphatic hydroxyl groups excluding tert-OH is 1. The summed E-state index contributed by atoms with van der Waals surface area (Å²) < 4.78 is 14.0. The molecule has 0 spiro atoms. The lowest BCUT2D eigenvalue weighted by Crippen LogP contribution is -2.30. The summed E-state index contributed by atoms with van der Waals surface area (Å²) in [7, 11) is 1.66. The first-order valence-corrected chi connectivity index (χ1v) is 11.6. The van der Waals surface area contributed by atoms with Crippen molar-refractivity contribution in [2.75, 3.05) is 32.1 Å². The second-order valence-electron chi connectivity index (χ2n) is 8.57. The van der Waals surface area contributed by atoms with E-state index in [4.69, 9.17) is 14.5 Å². The second kappa shape index (κ2) is 10.2. The van der Waals surface area contributed by atoms with Gasteiger partial charge in [-0.2, -0.15) is 4.98 Å². The van der Waals surface area contributed by atoms with Gasteiger partial charge in [-0.15, -0.1) is 0 Å². The zero-order valence-corrected chi connectivity index (χ0v) is 19.9. The average Bonchev–Trinajstić information content (AvgIpc) is 3.22. The molecule has 5 rings (SSSR count). The van der Waals surface area contributed by atoms with E-state index in [1.54, 1.807) is 13.4 Å². The van der Waals surface area contributed by atoms with Crippen LogP contribution in [0.15, 0.2) is 73.2 Å². The molecule has 2 N–H and O–H groups in total. The van der Waals surface area contributed by atoms with Crippen LogP contribution < -0.4 is 14.8 Å². The van der Waals surface area contributed by atoms with Gasteiger partial charge in [0.05, 0.1) is 31.4 Å². The Balaban J connectivity index is 1.41. The van der Waals surface area contributed by atoms with E-state index in [2.05, 4.69) is 27.3 Å². The lowest BCUT2D eigenvalue weighted by atomic mass is 10.1. The summed E-state index contributed by atoms with van der Waals surface area (Å²) >= 11 is 0. The lowest BCUT2D eigenvalue weighted by Gasteiger charge is -2.23. The van der Waals surface area contributed by atoms with Gasteiger partial charge >= 0.3 is 0 Å². The third kappa shape index (κ3) is 5.13. The van der Waals surface area contributed by atoms with E-state index in [-0.39, 0.29) is 12.7 Å². The van der Waals surface area contributed by atoms with E-state index in [9.17, 15) is 5.11 Å². The van der Waals surface area contributed by atoms with Crippen LogP contribution in [0.4, 0.5) is 11.5 Å². The Kier molecular flexibility index (Phi) is 6.65. The van der Waals surface area contributed by atoms with Gasteiger partial charge in [0.1, 0.15) is 17.7 Å². The molecule has 1 atom stereocenters. The van der Waals surface area contributed by atoms with Crippen molar-refractivity contribution in [3.63, 3.8) is 0 Å². The Labute approximate surface area is 204 Å². The molecular formula is C27H29N5O3. The minimum absolute atomic E-state index is 0.0976. The lowest BCUT2D eigenvalue weighted by molar-refractivity contribution is 0.126. The molecule has 8 nitrogen and oxygen atoms in total. The number of fused-ring (bicyclic) bond motifs is 1. The van der Waals surface area contributed by atoms with E-state index in [1.807, 2.05) is 66.2 Å². The molecule has 0 fully saturated rings. The van der Waals surface area contributed by atoms with Crippen LogP contribution in [-0.4, -0.2) is 51.3 Å². The Hall–Kier alpha value is -3.88. The minimum atomic E-state index is -0.176. The van der Waals surface area contributed by atoms with Crippen molar-refractivity contribution in [3.8, 4) is 17.3 Å². The zero-order chi connectivity index (χ0) is 24.2. The van der Waals surface area contributed by atoms with Crippen molar-refractivity contribution in [2.24, 2.45) is 0 Å². The molecule has 2 aromatic carbocycles. The number of ether oxygens (including phenoxy) is 2. The smallest absolute Gasteiger partial charge is 0.220 e. The summed E-state index contributed by atoms with van der Waals surface area (Å²) in [5.41, 5.74) is 4.77. The van der Waals surface area contributed by atoms with Gasteiger partial charge in [-0.05, 0) is 36.8 Å². The van der Waals surface area contributed by atoms with Gasteiger partial charge in [0.25, 0.3) is 0 Å². The van der Waals surface area contributed by atoms with E-state index in [0.717, 1.165) is 33.9 Å². The molecule has 35 heavy (non-hydrogen) atoms. The second-order valence-corrected chi connectivity index (χ2v) is 8.57. The first-order chi connectivity index (χ1) is 17.1. The molecule has 0 saturated heterocycles. The van der Waals surface area contributed by atoms with Crippen LogP contribution >= 0.6 is 0 Å². The number of aromatic nitrogens is 3. The van der Waals surface area contributed by atoms with Crippen LogP contribution in [0.5, 0.6) is 11.6 Å². The molecule has 0 bridgehead atoms. The Morgan fingerprint density at radius 2 is 2.00 bits per heavy atom. The number of imidazole rings is 1. The van der Waals surface area contributed by atoms with Crippen molar-refractivity contribution in [1.82, 2.24) is 19.4 Å². The van der Waals surface area contributed by atoms with E-state index < -0.39 is 0 Å². The number of β-amino-alcohol motifs (C(OH)–C–C–N with tert-alkyl or cyclic N) is 1. The zero-order valence-electron chi connectivity index (χ0n) is 19.9. The number of hydrogen-bond donors (Lipinski definition) is 2. The fourth-order valence-corrected chi connectivity index (χ4v) is 4.30. The molecule has 0 saturated carbocycles. The van der Waals surface area contributed by atoms with Gasteiger partial charge < -0.3 is 24.5 Å². The van der Waals surface area contributed by atoms with E-state index in [0.29, 0.717) is 31.3 Å². The van der Waals surface area contributed by atoms with Crippen molar-refractivity contribution < 1.29 is 14.6 Å². The standard InChI is InChI=1S/C27H29N5O3/c1-19-15-32(18-28-19)23-10-9-22(14-24(23)34-2)29-26-11-8-21-16-31(12-13-33)17-25(35-27(21)30-26)20-6-4-3-5-7-20/h3-11,14-15,18,25,33H,12-13,16-17H2,1-2H3,(H,29,30). The number of anilines is 2. The third-order valence-electron chi connectivity index (χ3n) is 6.04. The maximum absolute atomic E-state index is 9.54. The van der Waals surface area contributed by atoms with Crippen molar-refractivity contribution in [1.29, 1.82) is 0 Å². The summed E-state index contributed by atoms with van der Waals surface area (Å²) in [5.74, 6) is 2.00. The summed E-state index contributed by atoms with van der Waals surface area (Å²) in [5, 5.41) is 12.9. The number of aryl methyl sites for hydroxylation is 1. The van der Waals surface area contributed by atoms with Crippen molar-refractivity contribution in [3.05, 3.63) is 90.0 Å². The molecule has 1 unspecified atom stereocenters. The van der Waals surface area contributed by atoms with Crippen LogP contribution in [0.25, 0.3) is 5.69 Å². The summed E-state index contributed by atoms with van der Waals surface area (Å²) in [6.45, 7) is 3.97. The van der Waals surface area contributed by atoms with Crippen LogP contribution in [0.3, 0.4) is 0 Å². The van der Waals surface area contributed by atoms with Gasteiger partial charge in [-0.3, -0.25) is 4.90 Å². The van der Waals surface area contributed by atoms with Gasteiger partial charge in [0.2, 0.25) is 5.88 Å². The van der Waals surface area contributed by atoms with Gasteiger partial charge in [0, 0.05) is 43.1 Å². The number of pyridine rings is 1. The number of rotatable bonds is 7. The third-order valence-corrected chi connectivity index (χ3v) is 6.04. The normalized spacial score (nSPS) is 15.7. The Bertz CT molecular complexity index is 1290. The fourth-order valence-electron chi connectivity index (χ4n) is 4.30. The monoisotopic (exact) mass is 471 g/mol. The minimum Gasteiger partial charge on any atom is -0.494 e. The number of methoxy groups -OCH3 is 1. The molecule has 2 aromatic heterocycles.